The summed E-state index contributed by atoms with van der Waals surface area (Å²) in [5, 5.41) is 0. The molecule has 0 aliphatic carbocycles. The first-order valence-corrected chi connectivity index (χ1v) is 8.06. The molecule has 2 aromatic rings. The zero-order valence-corrected chi connectivity index (χ0v) is 12.4. The van der Waals surface area contributed by atoms with Gasteiger partial charge in [-0.1, -0.05) is 18.2 Å². The molecule has 2 rings (SSSR count). The van der Waals surface area contributed by atoms with E-state index in [-0.39, 0.29) is 5.82 Å². The third kappa shape index (κ3) is 4.95. The van der Waals surface area contributed by atoms with Crippen LogP contribution in [-0.2, 0) is 17.3 Å². The summed E-state index contributed by atoms with van der Waals surface area (Å²) in [6.07, 6.45) is 0.641. The molecule has 0 amide bonds. The quantitative estimate of drug-likeness (QED) is 0.800. The zero-order valence-electron chi connectivity index (χ0n) is 11.6. The minimum atomic E-state index is -1.19. The van der Waals surface area contributed by atoms with Crippen LogP contribution in [0, 0.1) is 5.82 Å². The summed E-state index contributed by atoms with van der Waals surface area (Å²) in [7, 11) is -1.19. The Labute approximate surface area is 126 Å². The van der Waals surface area contributed by atoms with E-state index in [0.29, 0.717) is 30.2 Å². The largest absolute Gasteiger partial charge is 0.494 e. The smallest absolute Gasteiger partial charge is 0.124 e. The molecule has 0 aliphatic heterocycles. The fourth-order valence-corrected chi connectivity index (χ4v) is 2.92. The molecule has 0 bridgehead atoms. The normalized spacial score (nSPS) is 12.1. The SMILES string of the molecule is NCc1ccc(OCCCS(=O)c2cccc(F)c2)cc1. The van der Waals surface area contributed by atoms with Crippen LogP contribution in [-0.4, -0.2) is 16.6 Å². The van der Waals surface area contributed by atoms with Crippen molar-refractivity contribution in [2.45, 2.75) is 17.9 Å². The van der Waals surface area contributed by atoms with Crippen molar-refractivity contribution in [2.75, 3.05) is 12.4 Å². The second-order valence-electron chi connectivity index (χ2n) is 4.56. The van der Waals surface area contributed by atoms with Crippen LogP contribution in [0.2, 0.25) is 0 Å². The number of rotatable bonds is 7. The number of nitrogens with two attached hydrogens (primary N) is 1. The van der Waals surface area contributed by atoms with Crippen molar-refractivity contribution in [1.29, 1.82) is 0 Å². The van der Waals surface area contributed by atoms with Crippen molar-refractivity contribution < 1.29 is 13.3 Å². The summed E-state index contributed by atoms with van der Waals surface area (Å²) in [5.41, 5.74) is 6.57. The Hall–Kier alpha value is -1.72. The van der Waals surface area contributed by atoms with Gasteiger partial charge in [-0.3, -0.25) is 4.21 Å². The lowest BCUT2D eigenvalue weighted by molar-refractivity contribution is 0.318. The maximum absolute atomic E-state index is 13.0. The van der Waals surface area contributed by atoms with Crippen molar-refractivity contribution in [3.05, 3.63) is 59.9 Å². The molecule has 112 valence electrons. The maximum atomic E-state index is 13.0. The van der Waals surface area contributed by atoms with Crippen molar-refractivity contribution in [3.8, 4) is 5.75 Å². The van der Waals surface area contributed by atoms with E-state index >= 15 is 0 Å². The highest BCUT2D eigenvalue weighted by Gasteiger charge is 2.05. The van der Waals surface area contributed by atoms with Crippen molar-refractivity contribution in [3.63, 3.8) is 0 Å². The van der Waals surface area contributed by atoms with E-state index in [9.17, 15) is 8.60 Å². The highest BCUT2D eigenvalue weighted by Crippen LogP contribution is 2.13. The summed E-state index contributed by atoms with van der Waals surface area (Å²) in [6, 6.07) is 13.5. The number of hydrogen-bond acceptors (Lipinski definition) is 3. The van der Waals surface area contributed by atoms with Crippen molar-refractivity contribution in [2.24, 2.45) is 5.73 Å². The molecule has 0 spiro atoms. The van der Waals surface area contributed by atoms with Gasteiger partial charge in [-0.05, 0) is 42.3 Å². The summed E-state index contributed by atoms with van der Waals surface area (Å²) < 4.78 is 30.6. The Bertz CT molecular complexity index is 601. The van der Waals surface area contributed by atoms with E-state index in [1.165, 1.54) is 12.1 Å². The van der Waals surface area contributed by atoms with E-state index in [0.717, 1.165) is 11.3 Å². The Morgan fingerprint density at radius 3 is 2.57 bits per heavy atom. The molecule has 21 heavy (non-hydrogen) atoms. The highest BCUT2D eigenvalue weighted by molar-refractivity contribution is 7.85. The highest BCUT2D eigenvalue weighted by atomic mass is 32.2. The minimum absolute atomic E-state index is 0.364. The van der Waals surface area contributed by atoms with Gasteiger partial charge in [0, 0.05) is 17.2 Å². The van der Waals surface area contributed by atoms with Gasteiger partial charge < -0.3 is 10.5 Å². The van der Waals surface area contributed by atoms with Gasteiger partial charge >= 0.3 is 0 Å². The van der Waals surface area contributed by atoms with E-state index in [1.54, 1.807) is 12.1 Å². The lowest BCUT2D eigenvalue weighted by Gasteiger charge is -2.07. The molecule has 0 heterocycles. The average Bonchev–Trinajstić information content (AvgIpc) is 2.52. The molecular weight excluding hydrogens is 289 g/mol. The van der Waals surface area contributed by atoms with Crippen LogP contribution in [0.4, 0.5) is 4.39 Å². The molecular formula is C16H18FNO2S. The Morgan fingerprint density at radius 1 is 1.14 bits per heavy atom. The van der Waals surface area contributed by atoms with Crippen LogP contribution in [0.5, 0.6) is 5.75 Å². The first-order valence-electron chi connectivity index (χ1n) is 6.75. The van der Waals surface area contributed by atoms with Crippen LogP contribution in [0.1, 0.15) is 12.0 Å². The van der Waals surface area contributed by atoms with Gasteiger partial charge in [0.25, 0.3) is 0 Å². The third-order valence-electron chi connectivity index (χ3n) is 2.96. The van der Waals surface area contributed by atoms with Crippen molar-refractivity contribution >= 4 is 10.8 Å². The number of benzene rings is 2. The maximum Gasteiger partial charge on any atom is 0.124 e. The van der Waals surface area contributed by atoms with Crippen LogP contribution >= 0.6 is 0 Å². The molecule has 0 fully saturated rings. The average molecular weight is 307 g/mol. The lowest BCUT2D eigenvalue weighted by Crippen LogP contribution is -2.05. The van der Waals surface area contributed by atoms with E-state index in [1.807, 2.05) is 24.3 Å². The van der Waals surface area contributed by atoms with Gasteiger partial charge in [-0.25, -0.2) is 4.39 Å². The Morgan fingerprint density at radius 2 is 1.90 bits per heavy atom. The van der Waals surface area contributed by atoms with Crippen LogP contribution in [0.3, 0.4) is 0 Å². The summed E-state index contributed by atoms with van der Waals surface area (Å²) in [5.74, 6) is 0.852. The van der Waals surface area contributed by atoms with Crippen LogP contribution < -0.4 is 10.5 Å². The number of halogens is 1. The van der Waals surface area contributed by atoms with Gasteiger partial charge in [0.15, 0.2) is 0 Å². The molecule has 0 aromatic heterocycles. The Balaban J connectivity index is 1.75. The molecule has 0 saturated heterocycles. The second kappa shape index (κ2) is 7.90. The lowest BCUT2D eigenvalue weighted by atomic mass is 10.2. The molecule has 5 heteroatoms. The van der Waals surface area contributed by atoms with Gasteiger partial charge in [0.1, 0.15) is 11.6 Å². The fourth-order valence-electron chi connectivity index (χ4n) is 1.83. The number of hydrogen-bond donors (Lipinski definition) is 1. The zero-order chi connectivity index (χ0) is 15.1. The van der Waals surface area contributed by atoms with E-state index in [2.05, 4.69) is 0 Å². The molecule has 2 aromatic carbocycles. The molecule has 1 atom stereocenters. The fraction of sp³-hybridized carbons (Fsp3) is 0.250. The van der Waals surface area contributed by atoms with Gasteiger partial charge in [-0.15, -0.1) is 0 Å². The van der Waals surface area contributed by atoms with E-state index in [4.69, 9.17) is 10.5 Å². The molecule has 0 saturated carbocycles. The van der Waals surface area contributed by atoms with Gasteiger partial charge in [0.05, 0.1) is 17.4 Å². The number of ether oxygens (including phenoxy) is 1. The molecule has 3 nitrogen and oxygen atoms in total. The second-order valence-corrected chi connectivity index (χ2v) is 6.13. The topological polar surface area (TPSA) is 52.3 Å². The standard InChI is InChI=1S/C16H18FNO2S/c17-14-3-1-4-16(11-14)21(19)10-2-9-20-15-7-5-13(12-18)6-8-15/h1,3-8,11H,2,9-10,12,18H2. The molecule has 0 radical (unpaired) electrons. The third-order valence-corrected chi connectivity index (χ3v) is 4.40. The van der Waals surface area contributed by atoms with Crippen molar-refractivity contribution in [1.82, 2.24) is 0 Å². The Kier molecular flexibility index (Phi) is 5.90. The predicted octanol–water partition coefficient (Wildman–Crippen LogP) is 2.86. The van der Waals surface area contributed by atoms with Crippen LogP contribution in [0.25, 0.3) is 0 Å². The summed E-state index contributed by atoms with van der Waals surface area (Å²) >= 11 is 0. The first-order chi connectivity index (χ1) is 10.2. The molecule has 2 N–H and O–H groups in total. The molecule has 1 unspecified atom stereocenters. The first kappa shape index (κ1) is 15.7. The van der Waals surface area contributed by atoms with E-state index < -0.39 is 10.8 Å². The predicted molar refractivity (Wildman–Crippen MR) is 82.1 cm³/mol. The monoisotopic (exact) mass is 307 g/mol. The van der Waals surface area contributed by atoms with Crippen LogP contribution in [0.15, 0.2) is 53.4 Å². The molecule has 0 aliphatic rings. The van der Waals surface area contributed by atoms with Gasteiger partial charge in [-0.2, -0.15) is 0 Å². The summed E-state index contributed by atoms with van der Waals surface area (Å²) in [4.78, 5) is 0.516. The summed E-state index contributed by atoms with van der Waals surface area (Å²) in [6.45, 7) is 0.982. The minimum Gasteiger partial charge on any atom is -0.494 e. The van der Waals surface area contributed by atoms with Gasteiger partial charge in [0.2, 0.25) is 0 Å².